The first-order chi connectivity index (χ1) is 16.0. The number of carbonyl (C=O) groups excluding carboxylic acids is 1. The van der Waals surface area contributed by atoms with Gasteiger partial charge in [-0.3, -0.25) is 9.59 Å². The highest BCUT2D eigenvalue weighted by Gasteiger charge is 2.27. The van der Waals surface area contributed by atoms with Crippen LogP contribution in [0.2, 0.25) is 0 Å². The van der Waals surface area contributed by atoms with Gasteiger partial charge in [-0.05, 0) is 42.6 Å². The van der Waals surface area contributed by atoms with E-state index in [0.717, 1.165) is 12.0 Å². The standard InChI is InChI=1S/C24H25FN4O4/c25-17-8-6-15(7-9-17)13-27-23(31)20-21(30)24(32)29-22(28-20)19-12-18(10-11-26-19)33-14-16-4-2-1-3-5-16/h1-9,18-19,26,30H,10-14H2,(H,27,31)(H,28,29,32)/t18-,19+/m1/s1. The molecule has 172 valence electrons. The van der Waals surface area contributed by atoms with Crippen molar-refractivity contribution in [3.8, 4) is 5.75 Å². The molecule has 1 amide bonds. The number of carbonyl (C=O) groups is 1. The Labute approximate surface area is 189 Å². The summed E-state index contributed by atoms with van der Waals surface area (Å²) >= 11 is 0. The molecule has 0 bridgehead atoms. The minimum atomic E-state index is -0.791. The minimum absolute atomic E-state index is 0.0497. The molecule has 1 fully saturated rings. The molecule has 8 nitrogen and oxygen atoms in total. The van der Waals surface area contributed by atoms with Crippen LogP contribution in [0, 0.1) is 5.82 Å². The number of nitrogens with one attached hydrogen (secondary N) is 3. The van der Waals surface area contributed by atoms with Gasteiger partial charge in [-0.1, -0.05) is 42.5 Å². The molecule has 1 saturated heterocycles. The van der Waals surface area contributed by atoms with Gasteiger partial charge in [0.2, 0.25) is 5.75 Å². The van der Waals surface area contributed by atoms with Crippen molar-refractivity contribution in [1.82, 2.24) is 20.6 Å². The van der Waals surface area contributed by atoms with Gasteiger partial charge in [0.15, 0.2) is 5.69 Å². The summed E-state index contributed by atoms with van der Waals surface area (Å²) < 4.78 is 19.1. The maximum atomic E-state index is 13.0. The van der Waals surface area contributed by atoms with Gasteiger partial charge in [0, 0.05) is 6.54 Å². The Hall–Kier alpha value is -3.56. The third-order valence-corrected chi connectivity index (χ3v) is 5.51. The lowest BCUT2D eigenvalue weighted by molar-refractivity contribution is 0.00968. The zero-order valence-corrected chi connectivity index (χ0v) is 17.9. The lowest BCUT2D eigenvalue weighted by Crippen LogP contribution is -2.38. The van der Waals surface area contributed by atoms with Crippen molar-refractivity contribution in [2.75, 3.05) is 6.54 Å². The molecular weight excluding hydrogens is 427 g/mol. The molecular formula is C24H25FN4O4. The van der Waals surface area contributed by atoms with Crippen molar-refractivity contribution in [2.45, 2.75) is 38.1 Å². The number of hydrogen-bond acceptors (Lipinski definition) is 6. The van der Waals surface area contributed by atoms with E-state index in [4.69, 9.17) is 4.74 Å². The number of aromatic amines is 1. The van der Waals surface area contributed by atoms with Crippen LogP contribution in [0.5, 0.6) is 5.75 Å². The molecule has 2 aromatic carbocycles. The first kappa shape index (κ1) is 22.6. The van der Waals surface area contributed by atoms with Crippen LogP contribution in [0.1, 0.15) is 46.3 Å². The van der Waals surface area contributed by atoms with Crippen LogP contribution in [0.25, 0.3) is 0 Å². The molecule has 3 aromatic rings. The number of hydrogen-bond donors (Lipinski definition) is 4. The van der Waals surface area contributed by atoms with E-state index in [2.05, 4.69) is 20.6 Å². The summed E-state index contributed by atoms with van der Waals surface area (Å²) in [7, 11) is 0. The number of rotatable bonds is 7. The van der Waals surface area contributed by atoms with Crippen molar-refractivity contribution in [1.29, 1.82) is 0 Å². The predicted molar refractivity (Wildman–Crippen MR) is 119 cm³/mol. The van der Waals surface area contributed by atoms with E-state index in [1.54, 1.807) is 0 Å². The Kier molecular flexibility index (Phi) is 7.11. The molecule has 0 spiro atoms. The van der Waals surface area contributed by atoms with Crippen molar-refractivity contribution in [2.24, 2.45) is 0 Å². The lowest BCUT2D eigenvalue weighted by atomic mass is 10.0. The van der Waals surface area contributed by atoms with E-state index in [-0.39, 0.29) is 36.0 Å². The van der Waals surface area contributed by atoms with Crippen LogP contribution in [0.15, 0.2) is 59.4 Å². The monoisotopic (exact) mass is 452 g/mol. The predicted octanol–water partition coefficient (Wildman–Crippen LogP) is 2.55. The van der Waals surface area contributed by atoms with E-state index in [0.29, 0.717) is 25.1 Å². The number of aromatic hydroxyl groups is 1. The van der Waals surface area contributed by atoms with Crippen LogP contribution < -0.4 is 16.2 Å². The molecule has 1 aromatic heterocycles. The van der Waals surface area contributed by atoms with Gasteiger partial charge in [0.1, 0.15) is 11.6 Å². The summed E-state index contributed by atoms with van der Waals surface area (Å²) in [6.07, 6.45) is 1.31. The molecule has 0 aliphatic carbocycles. The molecule has 1 aliphatic rings. The smallest absolute Gasteiger partial charge is 0.293 e. The highest BCUT2D eigenvalue weighted by atomic mass is 19.1. The number of piperidine rings is 1. The number of nitrogens with zero attached hydrogens (tertiary/aromatic N) is 1. The maximum Gasteiger partial charge on any atom is 0.293 e. The fraction of sp³-hybridized carbons (Fsp3) is 0.292. The Morgan fingerprint density at radius 1 is 1.15 bits per heavy atom. The molecule has 0 unspecified atom stereocenters. The van der Waals surface area contributed by atoms with E-state index in [1.807, 2.05) is 30.3 Å². The number of H-pyrrole nitrogens is 1. The van der Waals surface area contributed by atoms with Crippen molar-refractivity contribution in [3.05, 3.63) is 93.4 Å². The molecule has 4 N–H and O–H groups in total. The number of benzene rings is 2. The largest absolute Gasteiger partial charge is 0.501 e. The third kappa shape index (κ3) is 5.82. The summed E-state index contributed by atoms with van der Waals surface area (Å²) in [5, 5.41) is 16.0. The first-order valence-corrected chi connectivity index (χ1v) is 10.7. The Morgan fingerprint density at radius 2 is 1.91 bits per heavy atom. The maximum absolute atomic E-state index is 13.0. The van der Waals surface area contributed by atoms with Gasteiger partial charge in [0.25, 0.3) is 11.5 Å². The third-order valence-electron chi connectivity index (χ3n) is 5.51. The Morgan fingerprint density at radius 3 is 2.67 bits per heavy atom. The molecule has 2 atom stereocenters. The summed E-state index contributed by atoms with van der Waals surface area (Å²) in [5.74, 6) is -1.56. The normalized spacial score (nSPS) is 18.1. The molecule has 0 saturated carbocycles. The average molecular weight is 452 g/mol. The van der Waals surface area contributed by atoms with Crippen LogP contribution in [-0.2, 0) is 17.9 Å². The van der Waals surface area contributed by atoms with Gasteiger partial charge in [-0.15, -0.1) is 0 Å². The van der Waals surface area contributed by atoms with E-state index in [1.165, 1.54) is 24.3 Å². The van der Waals surface area contributed by atoms with Gasteiger partial charge in [-0.2, -0.15) is 0 Å². The quantitative estimate of drug-likeness (QED) is 0.438. The second-order valence-electron chi connectivity index (χ2n) is 7.91. The summed E-state index contributed by atoms with van der Waals surface area (Å²) in [5.41, 5.74) is 0.594. The number of ether oxygens (including phenoxy) is 1. The van der Waals surface area contributed by atoms with Crippen LogP contribution in [-0.4, -0.2) is 33.6 Å². The lowest BCUT2D eigenvalue weighted by Gasteiger charge is -2.30. The van der Waals surface area contributed by atoms with Crippen LogP contribution in [0.4, 0.5) is 4.39 Å². The molecule has 0 radical (unpaired) electrons. The van der Waals surface area contributed by atoms with E-state index in [9.17, 15) is 19.1 Å². The fourth-order valence-electron chi connectivity index (χ4n) is 3.71. The fourth-order valence-corrected chi connectivity index (χ4v) is 3.71. The van der Waals surface area contributed by atoms with Gasteiger partial charge < -0.3 is 25.5 Å². The SMILES string of the molecule is O=C(NCc1ccc(F)cc1)c1nc([C@@H]2C[C@H](OCc3ccccc3)CCN2)[nH]c(=O)c1O. The summed E-state index contributed by atoms with van der Waals surface area (Å²) in [6, 6.07) is 15.2. The Balaban J connectivity index is 1.43. The number of halogens is 1. The highest BCUT2D eigenvalue weighted by molar-refractivity contribution is 5.94. The van der Waals surface area contributed by atoms with E-state index < -0.39 is 17.2 Å². The second kappa shape index (κ2) is 10.4. The van der Waals surface area contributed by atoms with Gasteiger partial charge in [0.05, 0.1) is 18.8 Å². The van der Waals surface area contributed by atoms with E-state index >= 15 is 0 Å². The highest BCUT2D eigenvalue weighted by Crippen LogP contribution is 2.24. The van der Waals surface area contributed by atoms with Crippen molar-refractivity contribution < 1.29 is 19.0 Å². The van der Waals surface area contributed by atoms with Gasteiger partial charge >= 0.3 is 0 Å². The average Bonchev–Trinajstić information content (AvgIpc) is 2.84. The zero-order chi connectivity index (χ0) is 23.2. The zero-order valence-electron chi connectivity index (χ0n) is 17.9. The summed E-state index contributed by atoms with van der Waals surface area (Å²) in [4.78, 5) is 31.7. The number of aromatic nitrogens is 2. The molecule has 4 rings (SSSR count). The second-order valence-corrected chi connectivity index (χ2v) is 7.91. The van der Waals surface area contributed by atoms with Crippen molar-refractivity contribution >= 4 is 5.91 Å². The molecule has 33 heavy (non-hydrogen) atoms. The van der Waals surface area contributed by atoms with Crippen LogP contribution >= 0.6 is 0 Å². The Bertz CT molecular complexity index is 1150. The van der Waals surface area contributed by atoms with Gasteiger partial charge in [-0.25, -0.2) is 9.37 Å². The molecule has 2 heterocycles. The minimum Gasteiger partial charge on any atom is -0.501 e. The number of amides is 1. The topological polar surface area (TPSA) is 116 Å². The van der Waals surface area contributed by atoms with Crippen molar-refractivity contribution in [3.63, 3.8) is 0 Å². The first-order valence-electron chi connectivity index (χ1n) is 10.7. The molecule has 9 heteroatoms. The molecule has 1 aliphatic heterocycles. The van der Waals surface area contributed by atoms with Crippen LogP contribution in [0.3, 0.4) is 0 Å². The summed E-state index contributed by atoms with van der Waals surface area (Å²) in [6.45, 7) is 1.23.